The standard InChI is InChI=1S/C20H25N3O2/c1-14-9-10-18(16(3)11-14)21-20(25)22-19(24)13-23(4)12-17-8-6-5-7-15(17)2/h5-11H,12-13H2,1-4H3,(H2,21,22,24,25). The Bertz CT molecular complexity index is 771. The minimum atomic E-state index is -0.513. The number of rotatable bonds is 5. The molecule has 0 aliphatic carbocycles. The molecule has 0 saturated heterocycles. The van der Waals surface area contributed by atoms with Crippen LogP contribution < -0.4 is 10.6 Å². The first-order valence-corrected chi connectivity index (χ1v) is 8.26. The van der Waals surface area contributed by atoms with Crippen LogP contribution in [0.4, 0.5) is 10.5 Å². The van der Waals surface area contributed by atoms with E-state index in [1.807, 2.05) is 75.2 Å². The first-order valence-electron chi connectivity index (χ1n) is 8.26. The Kier molecular flexibility index (Phi) is 6.31. The molecule has 0 aliphatic rings. The fourth-order valence-electron chi connectivity index (χ4n) is 2.65. The van der Waals surface area contributed by atoms with Gasteiger partial charge in [0.2, 0.25) is 5.91 Å². The molecule has 5 nitrogen and oxygen atoms in total. The van der Waals surface area contributed by atoms with Crippen LogP contribution in [-0.2, 0) is 11.3 Å². The maximum Gasteiger partial charge on any atom is 0.325 e. The van der Waals surface area contributed by atoms with Crippen LogP contribution in [0.3, 0.4) is 0 Å². The van der Waals surface area contributed by atoms with Gasteiger partial charge in [-0.3, -0.25) is 15.0 Å². The summed E-state index contributed by atoms with van der Waals surface area (Å²) in [7, 11) is 1.86. The van der Waals surface area contributed by atoms with Crippen molar-refractivity contribution in [2.75, 3.05) is 18.9 Å². The maximum absolute atomic E-state index is 12.1. The molecule has 0 fully saturated rings. The van der Waals surface area contributed by atoms with Gasteiger partial charge in [-0.25, -0.2) is 4.79 Å². The number of amides is 3. The molecule has 25 heavy (non-hydrogen) atoms. The lowest BCUT2D eigenvalue weighted by molar-refractivity contribution is -0.120. The molecular weight excluding hydrogens is 314 g/mol. The average molecular weight is 339 g/mol. The Labute approximate surface area is 149 Å². The Morgan fingerprint density at radius 2 is 1.72 bits per heavy atom. The second kappa shape index (κ2) is 8.44. The number of benzene rings is 2. The Morgan fingerprint density at radius 1 is 1.00 bits per heavy atom. The van der Waals surface area contributed by atoms with Gasteiger partial charge in [0.1, 0.15) is 0 Å². The van der Waals surface area contributed by atoms with Gasteiger partial charge >= 0.3 is 6.03 Å². The van der Waals surface area contributed by atoms with Crippen molar-refractivity contribution in [3.8, 4) is 0 Å². The summed E-state index contributed by atoms with van der Waals surface area (Å²) in [5.41, 5.74) is 5.13. The number of carbonyl (C=O) groups is 2. The molecule has 0 radical (unpaired) electrons. The first kappa shape index (κ1) is 18.7. The van der Waals surface area contributed by atoms with E-state index in [0.29, 0.717) is 12.2 Å². The molecule has 2 aromatic carbocycles. The van der Waals surface area contributed by atoms with E-state index in [2.05, 4.69) is 10.6 Å². The van der Waals surface area contributed by atoms with Gasteiger partial charge in [-0.1, -0.05) is 42.0 Å². The number of aryl methyl sites for hydroxylation is 3. The van der Waals surface area contributed by atoms with Crippen molar-refractivity contribution in [3.05, 3.63) is 64.7 Å². The molecular formula is C20H25N3O2. The second-order valence-electron chi connectivity index (χ2n) is 6.42. The third kappa shape index (κ3) is 5.72. The number of nitrogens with zero attached hydrogens (tertiary/aromatic N) is 1. The van der Waals surface area contributed by atoms with Crippen LogP contribution in [0.1, 0.15) is 22.3 Å². The highest BCUT2D eigenvalue weighted by atomic mass is 16.2. The number of urea groups is 1. The zero-order chi connectivity index (χ0) is 18.4. The van der Waals surface area contributed by atoms with E-state index in [0.717, 1.165) is 16.7 Å². The van der Waals surface area contributed by atoms with E-state index in [-0.39, 0.29) is 12.5 Å². The van der Waals surface area contributed by atoms with Crippen molar-refractivity contribution in [1.82, 2.24) is 10.2 Å². The highest BCUT2D eigenvalue weighted by Crippen LogP contribution is 2.15. The topological polar surface area (TPSA) is 61.4 Å². The maximum atomic E-state index is 12.1. The fraction of sp³-hybridized carbons (Fsp3) is 0.300. The number of likely N-dealkylation sites (N-methyl/N-ethyl adjacent to an activating group) is 1. The van der Waals surface area contributed by atoms with E-state index in [1.165, 1.54) is 5.56 Å². The van der Waals surface area contributed by atoms with Gasteiger partial charge < -0.3 is 5.32 Å². The fourth-order valence-corrected chi connectivity index (χ4v) is 2.65. The number of nitrogens with one attached hydrogen (secondary N) is 2. The lowest BCUT2D eigenvalue weighted by Gasteiger charge is -2.17. The molecule has 2 aromatic rings. The van der Waals surface area contributed by atoms with Crippen LogP contribution >= 0.6 is 0 Å². The van der Waals surface area contributed by atoms with Crippen LogP contribution in [-0.4, -0.2) is 30.4 Å². The molecule has 132 valence electrons. The van der Waals surface area contributed by atoms with Gasteiger partial charge in [0.15, 0.2) is 0 Å². The quantitative estimate of drug-likeness (QED) is 0.878. The molecule has 0 aromatic heterocycles. The summed E-state index contributed by atoms with van der Waals surface area (Å²) in [4.78, 5) is 25.9. The smallest absolute Gasteiger partial charge is 0.307 e. The zero-order valence-corrected chi connectivity index (χ0v) is 15.2. The minimum Gasteiger partial charge on any atom is -0.307 e. The lowest BCUT2D eigenvalue weighted by Crippen LogP contribution is -2.40. The normalized spacial score (nSPS) is 10.6. The van der Waals surface area contributed by atoms with E-state index in [9.17, 15) is 9.59 Å². The van der Waals surface area contributed by atoms with Crippen molar-refractivity contribution in [1.29, 1.82) is 0 Å². The van der Waals surface area contributed by atoms with Gasteiger partial charge in [0.05, 0.1) is 6.54 Å². The van der Waals surface area contributed by atoms with Gasteiger partial charge in [-0.15, -0.1) is 0 Å². The van der Waals surface area contributed by atoms with E-state index in [1.54, 1.807) is 0 Å². The van der Waals surface area contributed by atoms with E-state index >= 15 is 0 Å². The molecule has 0 saturated carbocycles. The Morgan fingerprint density at radius 3 is 2.40 bits per heavy atom. The summed E-state index contributed by atoms with van der Waals surface area (Å²) in [5.74, 6) is -0.335. The van der Waals surface area contributed by atoms with Crippen LogP contribution in [0.5, 0.6) is 0 Å². The van der Waals surface area contributed by atoms with Crippen LogP contribution in [0.25, 0.3) is 0 Å². The highest BCUT2D eigenvalue weighted by Gasteiger charge is 2.12. The molecule has 0 spiro atoms. The van der Waals surface area contributed by atoms with Gasteiger partial charge in [0, 0.05) is 12.2 Å². The number of hydrogen-bond donors (Lipinski definition) is 2. The van der Waals surface area contributed by atoms with Crippen LogP contribution in [0.15, 0.2) is 42.5 Å². The summed E-state index contributed by atoms with van der Waals surface area (Å²) < 4.78 is 0. The Balaban J connectivity index is 1.84. The molecule has 0 unspecified atom stereocenters. The number of hydrogen-bond acceptors (Lipinski definition) is 3. The third-order valence-electron chi connectivity index (χ3n) is 4.00. The molecule has 0 heterocycles. The summed E-state index contributed by atoms with van der Waals surface area (Å²) in [6.45, 7) is 6.75. The monoisotopic (exact) mass is 339 g/mol. The van der Waals surface area contributed by atoms with Gasteiger partial charge in [-0.2, -0.15) is 0 Å². The molecule has 2 rings (SSSR count). The highest BCUT2D eigenvalue weighted by molar-refractivity contribution is 6.02. The van der Waals surface area contributed by atoms with Crippen LogP contribution in [0.2, 0.25) is 0 Å². The van der Waals surface area contributed by atoms with Crippen LogP contribution in [0, 0.1) is 20.8 Å². The second-order valence-corrected chi connectivity index (χ2v) is 6.42. The number of imide groups is 1. The van der Waals surface area contributed by atoms with Crippen molar-refractivity contribution in [2.45, 2.75) is 27.3 Å². The first-order chi connectivity index (χ1) is 11.8. The third-order valence-corrected chi connectivity index (χ3v) is 4.00. The number of anilines is 1. The molecule has 5 heteroatoms. The zero-order valence-electron chi connectivity index (χ0n) is 15.2. The predicted octanol–water partition coefficient (Wildman–Crippen LogP) is 3.39. The largest absolute Gasteiger partial charge is 0.325 e. The molecule has 3 amide bonds. The SMILES string of the molecule is Cc1ccc(NC(=O)NC(=O)CN(C)Cc2ccccc2C)c(C)c1. The summed E-state index contributed by atoms with van der Waals surface area (Å²) >= 11 is 0. The predicted molar refractivity (Wildman–Crippen MR) is 101 cm³/mol. The molecule has 2 N–H and O–H groups in total. The summed E-state index contributed by atoms with van der Waals surface area (Å²) in [5, 5.41) is 5.08. The van der Waals surface area contributed by atoms with Crippen molar-refractivity contribution >= 4 is 17.6 Å². The van der Waals surface area contributed by atoms with Crippen molar-refractivity contribution < 1.29 is 9.59 Å². The molecule has 0 aliphatic heterocycles. The van der Waals surface area contributed by atoms with E-state index in [4.69, 9.17) is 0 Å². The van der Waals surface area contributed by atoms with Gasteiger partial charge in [-0.05, 0) is 50.6 Å². The lowest BCUT2D eigenvalue weighted by atomic mass is 10.1. The molecule has 0 atom stereocenters. The summed E-state index contributed by atoms with van der Waals surface area (Å²) in [6, 6.07) is 13.3. The minimum absolute atomic E-state index is 0.147. The number of carbonyl (C=O) groups excluding carboxylic acids is 2. The van der Waals surface area contributed by atoms with Crippen molar-refractivity contribution in [3.63, 3.8) is 0 Å². The van der Waals surface area contributed by atoms with E-state index < -0.39 is 6.03 Å². The van der Waals surface area contributed by atoms with Crippen molar-refractivity contribution in [2.24, 2.45) is 0 Å². The van der Waals surface area contributed by atoms with Gasteiger partial charge in [0.25, 0.3) is 0 Å². The average Bonchev–Trinajstić information content (AvgIpc) is 2.52. The Hall–Kier alpha value is -2.66. The summed E-state index contributed by atoms with van der Waals surface area (Å²) in [6.07, 6.45) is 0. The molecule has 0 bridgehead atoms.